The van der Waals surface area contributed by atoms with Gasteiger partial charge in [0.25, 0.3) is 0 Å². The van der Waals surface area contributed by atoms with Gasteiger partial charge in [0.15, 0.2) is 0 Å². The molecule has 0 aliphatic heterocycles. The van der Waals surface area contributed by atoms with Crippen molar-refractivity contribution in [1.82, 2.24) is 21.3 Å². The van der Waals surface area contributed by atoms with Crippen LogP contribution in [-0.2, 0) is 54.7 Å². The second-order valence-corrected chi connectivity index (χ2v) is 19.3. The van der Waals surface area contributed by atoms with Crippen LogP contribution < -0.4 is 21.3 Å². The van der Waals surface area contributed by atoms with Crippen LogP contribution in [0, 0.1) is 17.8 Å². The summed E-state index contributed by atoms with van der Waals surface area (Å²) < 4.78 is 243. The monoisotopic (exact) mass is 1160 g/mol. The summed E-state index contributed by atoms with van der Waals surface area (Å²) in [6, 6.07) is 18.7. The van der Waals surface area contributed by atoms with Gasteiger partial charge in [0.2, 0.25) is 17.7 Å². The molecule has 3 aromatic carbocycles. The molecule has 3 rings (SSSR count). The van der Waals surface area contributed by atoms with E-state index in [1.165, 1.54) is 6.92 Å². The van der Waals surface area contributed by atoms with Gasteiger partial charge in [-0.05, 0) is 53.9 Å². The van der Waals surface area contributed by atoms with Gasteiger partial charge >= 0.3 is 59.7 Å². The molecule has 11 nitrogen and oxygen atoms in total. The van der Waals surface area contributed by atoms with Crippen molar-refractivity contribution in [3.63, 3.8) is 0 Å². The van der Waals surface area contributed by atoms with Gasteiger partial charge in [0, 0.05) is 43.9 Å². The van der Waals surface area contributed by atoms with Crippen LogP contribution in [0.4, 0.5) is 79.4 Å². The molecule has 0 aliphatic rings. The highest BCUT2D eigenvalue weighted by atomic mass is 19.4. The molecule has 4 N–H and O–H groups in total. The number of aryl methyl sites for hydroxylation is 1. The molecular formula is C51H57F17N4O7. The molecule has 442 valence electrons. The number of carbonyl (C=O) groups excluding carboxylic acids is 5. The highest BCUT2D eigenvalue weighted by Crippen LogP contribution is 2.64. The summed E-state index contributed by atoms with van der Waals surface area (Å²) in [6.45, 7) is 7.96. The van der Waals surface area contributed by atoms with Crippen LogP contribution >= 0.6 is 0 Å². The molecule has 0 heterocycles. The van der Waals surface area contributed by atoms with Gasteiger partial charge in [0.1, 0.15) is 13.2 Å². The van der Waals surface area contributed by atoms with Gasteiger partial charge in [-0.15, -0.1) is 0 Å². The summed E-state index contributed by atoms with van der Waals surface area (Å²) in [5.41, 5.74) is 0.966. The SMILES string of the molecule is CC(C)[C@@H](CC(=O)NC[C@@H](C(=O)N[C@H](C)CC(=O)N[C@H](CC(=O)OCc1ccc(CCC(F)(F)C(F)(F)C(F)(F)C(F)(F)C(F)(F)C(F)(F)C(F)(F)C(F)(F)F)cc1)Cc1ccccc1)C(C)C)NC(=O)OCc1ccccc1. The minimum absolute atomic E-state index is 0.0157. The maximum absolute atomic E-state index is 14.5. The number of esters is 1. The highest BCUT2D eigenvalue weighted by molar-refractivity contribution is 5.83. The predicted octanol–water partition coefficient (Wildman–Crippen LogP) is 11.4. The van der Waals surface area contributed by atoms with Crippen molar-refractivity contribution in [2.24, 2.45) is 17.8 Å². The number of carbonyl (C=O) groups is 5. The zero-order valence-electron chi connectivity index (χ0n) is 42.7. The third-order valence-corrected chi connectivity index (χ3v) is 12.3. The molecule has 0 aromatic heterocycles. The van der Waals surface area contributed by atoms with Crippen LogP contribution in [0.1, 0.15) is 82.6 Å². The van der Waals surface area contributed by atoms with E-state index in [0.717, 1.165) is 29.8 Å². The van der Waals surface area contributed by atoms with E-state index in [4.69, 9.17) is 9.47 Å². The minimum Gasteiger partial charge on any atom is -0.461 e. The molecule has 79 heavy (non-hydrogen) atoms. The number of halogens is 17. The first-order chi connectivity index (χ1) is 36.2. The van der Waals surface area contributed by atoms with Crippen LogP contribution in [0.5, 0.6) is 0 Å². The molecule has 0 radical (unpaired) electrons. The first-order valence-corrected chi connectivity index (χ1v) is 24.0. The Morgan fingerprint density at radius 3 is 1.46 bits per heavy atom. The molecule has 0 bridgehead atoms. The maximum Gasteiger partial charge on any atom is 0.460 e. The molecule has 0 spiro atoms. The molecule has 28 heteroatoms. The van der Waals surface area contributed by atoms with Crippen molar-refractivity contribution < 1.29 is 108 Å². The van der Waals surface area contributed by atoms with E-state index in [-0.39, 0.29) is 49.8 Å². The van der Waals surface area contributed by atoms with Crippen molar-refractivity contribution in [2.75, 3.05) is 6.54 Å². The second kappa shape index (κ2) is 26.7. The standard InChI is InChI=1S/C51H57F17N4O7/c1-29(2)37(26-69-39(73)25-38(30(3)4)72-43(77)79-28-34-14-10-7-11-15-34)42(76)70-31(5)22-40(74)71-36(23-33-12-8-6-9-13-33)24-41(75)78-27-35-18-16-32(17-19-35)20-21-44(52,53)45(54,55)46(56,57)47(58,59)48(60,61)49(62,63)50(64,65)51(66,67)68/h6-19,29-31,36-38H,20-28H2,1-5H3,(H,69,73)(H,70,76)(H,71,74)(H,72,77)/t31-,36+,37-,38-/m1/s1. The summed E-state index contributed by atoms with van der Waals surface area (Å²) in [7, 11) is 0. The first-order valence-electron chi connectivity index (χ1n) is 24.0. The molecule has 0 aliphatic carbocycles. The van der Waals surface area contributed by atoms with Crippen LogP contribution in [0.2, 0.25) is 0 Å². The summed E-state index contributed by atoms with van der Waals surface area (Å²) in [5, 5.41) is 10.9. The zero-order valence-corrected chi connectivity index (χ0v) is 42.7. The van der Waals surface area contributed by atoms with E-state index in [9.17, 15) is 98.6 Å². The lowest BCUT2D eigenvalue weighted by Crippen LogP contribution is -2.74. The van der Waals surface area contributed by atoms with Gasteiger partial charge in [-0.3, -0.25) is 19.2 Å². The summed E-state index contributed by atoms with van der Waals surface area (Å²) in [5.74, 6) is -60.7. The number of rotatable bonds is 29. The number of ether oxygens (including phenoxy) is 2. The zero-order chi connectivity index (χ0) is 60.2. The van der Waals surface area contributed by atoms with Crippen LogP contribution in [0.3, 0.4) is 0 Å². The Kier molecular flexibility index (Phi) is 22.6. The molecule has 3 aromatic rings. The fourth-order valence-electron chi connectivity index (χ4n) is 7.42. The number of alkyl carbamates (subject to hydrolysis) is 1. The smallest absolute Gasteiger partial charge is 0.460 e. The second-order valence-electron chi connectivity index (χ2n) is 19.3. The van der Waals surface area contributed by atoms with Crippen molar-refractivity contribution in [1.29, 1.82) is 0 Å². The van der Waals surface area contributed by atoms with E-state index >= 15 is 0 Å². The first kappa shape index (κ1) is 66.9. The van der Waals surface area contributed by atoms with E-state index < -0.39 is 133 Å². The van der Waals surface area contributed by atoms with Crippen molar-refractivity contribution >= 4 is 29.8 Å². The van der Waals surface area contributed by atoms with Gasteiger partial charge in [-0.25, -0.2) is 4.79 Å². The number of hydrogen-bond donors (Lipinski definition) is 4. The molecular weight excluding hydrogens is 1100 g/mol. The van der Waals surface area contributed by atoms with Gasteiger partial charge in [0.05, 0.1) is 12.3 Å². The Hall–Kier alpha value is -6.38. The number of alkyl halides is 17. The Morgan fingerprint density at radius 2 is 0.949 bits per heavy atom. The lowest BCUT2D eigenvalue weighted by Gasteiger charge is -2.42. The Morgan fingerprint density at radius 1 is 0.481 bits per heavy atom. The van der Waals surface area contributed by atoms with Gasteiger partial charge in [-0.2, -0.15) is 74.6 Å². The minimum atomic E-state index is -8.72. The third kappa shape index (κ3) is 16.8. The third-order valence-electron chi connectivity index (χ3n) is 12.3. The normalized spacial score (nSPS) is 14.7. The quantitative estimate of drug-likeness (QED) is 0.0399. The van der Waals surface area contributed by atoms with Crippen LogP contribution in [0.15, 0.2) is 84.9 Å². The number of hydrogen-bond acceptors (Lipinski definition) is 7. The molecule has 0 saturated carbocycles. The highest BCUT2D eigenvalue weighted by Gasteiger charge is 2.95. The Labute approximate surface area is 442 Å². The average molecular weight is 1160 g/mol. The summed E-state index contributed by atoms with van der Waals surface area (Å²) >= 11 is 0. The molecule has 0 unspecified atom stereocenters. The molecule has 4 amide bonds. The molecule has 0 saturated heterocycles. The number of benzene rings is 3. The van der Waals surface area contributed by atoms with E-state index in [1.807, 2.05) is 6.07 Å². The Bertz CT molecular complexity index is 2480. The van der Waals surface area contributed by atoms with E-state index in [1.54, 1.807) is 82.3 Å². The number of nitrogens with one attached hydrogen (secondary N) is 4. The molecule has 4 atom stereocenters. The van der Waals surface area contributed by atoms with Crippen molar-refractivity contribution in [2.45, 2.75) is 152 Å². The lowest BCUT2D eigenvalue weighted by molar-refractivity contribution is -0.461. The van der Waals surface area contributed by atoms with Crippen LogP contribution in [-0.4, -0.2) is 102 Å². The summed E-state index contributed by atoms with van der Waals surface area (Å²) in [4.78, 5) is 65.3. The van der Waals surface area contributed by atoms with Gasteiger partial charge in [-0.1, -0.05) is 113 Å². The average Bonchev–Trinajstić information content (AvgIpc) is 3.42. The van der Waals surface area contributed by atoms with Crippen LogP contribution in [0.25, 0.3) is 0 Å². The largest absolute Gasteiger partial charge is 0.461 e. The number of amides is 4. The fraction of sp³-hybridized carbons (Fsp3) is 0.549. The summed E-state index contributed by atoms with van der Waals surface area (Å²) in [6.07, 6.45) is -13.5. The predicted molar refractivity (Wildman–Crippen MR) is 249 cm³/mol. The fourth-order valence-corrected chi connectivity index (χ4v) is 7.42. The maximum atomic E-state index is 14.5. The van der Waals surface area contributed by atoms with Gasteiger partial charge < -0.3 is 30.7 Å². The van der Waals surface area contributed by atoms with Crippen molar-refractivity contribution in [3.05, 3.63) is 107 Å². The van der Waals surface area contributed by atoms with E-state index in [0.29, 0.717) is 5.56 Å². The molecule has 0 fully saturated rings. The Balaban J connectivity index is 1.59. The lowest BCUT2D eigenvalue weighted by atomic mass is 9.87. The topological polar surface area (TPSA) is 152 Å². The van der Waals surface area contributed by atoms with Crippen molar-refractivity contribution in [3.8, 4) is 0 Å². The van der Waals surface area contributed by atoms with E-state index in [2.05, 4.69) is 21.3 Å².